The Balaban J connectivity index is 1.28. The van der Waals surface area contributed by atoms with E-state index >= 15 is 0 Å². The molecule has 0 aromatic heterocycles. The minimum absolute atomic E-state index is 0.162. The molecule has 0 bridgehead atoms. The quantitative estimate of drug-likeness (QED) is 0.541. The van der Waals surface area contributed by atoms with Gasteiger partial charge in [0.15, 0.2) is 5.96 Å². The molecule has 0 aromatic carbocycles. The van der Waals surface area contributed by atoms with E-state index in [1.807, 2.05) is 4.90 Å². The standard InChI is InChI=1S/C20H35N5O3/c1-2-21-20(22-13-17-14-25-7-3-5-16(25)15-28-17)24-10-8-23(9-11-24)19(26)18-6-4-12-27-18/h16-18H,2-15H2,1H3,(H,21,22). The molecule has 1 N–H and O–H groups in total. The molecule has 4 heterocycles. The number of nitrogens with zero attached hydrogens (tertiary/aromatic N) is 4. The minimum Gasteiger partial charge on any atom is -0.373 e. The van der Waals surface area contributed by atoms with E-state index in [9.17, 15) is 4.79 Å². The summed E-state index contributed by atoms with van der Waals surface area (Å²) in [5, 5.41) is 3.42. The van der Waals surface area contributed by atoms with Gasteiger partial charge in [-0.05, 0) is 39.2 Å². The third-order valence-corrected chi connectivity index (χ3v) is 6.34. The van der Waals surface area contributed by atoms with Crippen LogP contribution in [0.3, 0.4) is 0 Å². The zero-order chi connectivity index (χ0) is 19.3. The first-order valence-electron chi connectivity index (χ1n) is 11.0. The molecule has 1 amide bonds. The SMILES string of the molecule is CCNC(=NCC1CN2CCCC2CO1)N1CCN(C(=O)C2CCCO2)CC1. The van der Waals surface area contributed by atoms with Gasteiger partial charge < -0.3 is 24.6 Å². The van der Waals surface area contributed by atoms with Crippen molar-refractivity contribution in [3.05, 3.63) is 0 Å². The van der Waals surface area contributed by atoms with Crippen molar-refractivity contribution in [2.45, 2.75) is 50.9 Å². The van der Waals surface area contributed by atoms with Crippen LogP contribution in [-0.2, 0) is 14.3 Å². The van der Waals surface area contributed by atoms with Gasteiger partial charge in [-0.2, -0.15) is 0 Å². The van der Waals surface area contributed by atoms with E-state index in [1.54, 1.807) is 0 Å². The predicted octanol–water partition coefficient (Wildman–Crippen LogP) is 0.138. The van der Waals surface area contributed by atoms with Gasteiger partial charge in [-0.1, -0.05) is 0 Å². The van der Waals surface area contributed by atoms with E-state index < -0.39 is 0 Å². The van der Waals surface area contributed by atoms with Gasteiger partial charge in [-0.3, -0.25) is 14.7 Å². The van der Waals surface area contributed by atoms with E-state index in [1.165, 1.54) is 19.4 Å². The van der Waals surface area contributed by atoms with Gasteiger partial charge in [0.1, 0.15) is 6.10 Å². The third-order valence-electron chi connectivity index (χ3n) is 6.34. The van der Waals surface area contributed by atoms with Crippen molar-refractivity contribution in [1.29, 1.82) is 0 Å². The van der Waals surface area contributed by atoms with Crippen LogP contribution in [-0.4, -0.2) is 110 Å². The molecule has 158 valence electrons. The van der Waals surface area contributed by atoms with Crippen molar-refractivity contribution in [3.8, 4) is 0 Å². The Morgan fingerprint density at radius 3 is 2.64 bits per heavy atom. The first-order chi connectivity index (χ1) is 13.7. The number of piperazine rings is 1. The number of fused-ring (bicyclic) bond motifs is 1. The molecule has 4 saturated heterocycles. The molecule has 0 aliphatic carbocycles. The Morgan fingerprint density at radius 2 is 1.89 bits per heavy atom. The molecule has 4 rings (SSSR count). The minimum atomic E-state index is -0.216. The van der Waals surface area contributed by atoms with Crippen LogP contribution in [0, 0.1) is 0 Å². The lowest BCUT2D eigenvalue weighted by molar-refractivity contribution is -0.142. The summed E-state index contributed by atoms with van der Waals surface area (Å²) in [4.78, 5) is 24.2. The number of morpholine rings is 1. The van der Waals surface area contributed by atoms with E-state index in [-0.39, 0.29) is 18.1 Å². The molecule has 4 aliphatic rings. The van der Waals surface area contributed by atoms with Crippen molar-refractivity contribution >= 4 is 11.9 Å². The molecule has 0 spiro atoms. The van der Waals surface area contributed by atoms with E-state index in [4.69, 9.17) is 14.5 Å². The Bertz CT molecular complexity index is 558. The summed E-state index contributed by atoms with van der Waals surface area (Å²) in [5.74, 6) is 1.11. The molecular formula is C20H35N5O3. The average Bonchev–Trinajstić information content (AvgIpc) is 3.42. The van der Waals surface area contributed by atoms with Crippen LogP contribution in [0.5, 0.6) is 0 Å². The fourth-order valence-electron chi connectivity index (χ4n) is 4.72. The van der Waals surface area contributed by atoms with Gasteiger partial charge in [0.2, 0.25) is 0 Å². The highest BCUT2D eigenvalue weighted by molar-refractivity contribution is 5.82. The predicted molar refractivity (Wildman–Crippen MR) is 107 cm³/mol. The maximum absolute atomic E-state index is 12.5. The van der Waals surface area contributed by atoms with Crippen molar-refractivity contribution in [1.82, 2.24) is 20.0 Å². The fourth-order valence-corrected chi connectivity index (χ4v) is 4.72. The van der Waals surface area contributed by atoms with Crippen LogP contribution < -0.4 is 5.32 Å². The number of carbonyl (C=O) groups is 1. The maximum atomic E-state index is 12.5. The Kier molecular flexibility index (Phi) is 6.69. The van der Waals surface area contributed by atoms with Gasteiger partial charge >= 0.3 is 0 Å². The lowest BCUT2D eigenvalue weighted by atomic mass is 10.2. The van der Waals surface area contributed by atoms with Gasteiger partial charge in [0, 0.05) is 51.9 Å². The van der Waals surface area contributed by atoms with E-state index in [2.05, 4.69) is 22.0 Å². The lowest BCUT2D eigenvalue weighted by Crippen LogP contribution is -2.55. The van der Waals surface area contributed by atoms with E-state index in [0.717, 1.165) is 71.3 Å². The van der Waals surface area contributed by atoms with E-state index in [0.29, 0.717) is 12.6 Å². The summed E-state index contributed by atoms with van der Waals surface area (Å²) in [6.45, 7) is 10.5. The van der Waals surface area contributed by atoms with Crippen LogP contribution in [0.15, 0.2) is 4.99 Å². The van der Waals surface area contributed by atoms with Gasteiger partial charge in [0.25, 0.3) is 5.91 Å². The molecule has 0 saturated carbocycles. The maximum Gasteiger partial charge on any atom is 0.251 e. The lowest BCUT2D eigenvalue weighted by Gasteiger charge is -2.38. The smallest absolute Gasteiger partial charge is 0.251 e. The van der Waals surface area contributed by atoms with Crippen LogP contribution in [0.1, 0.15) is 32.6 Å². The second-order valence-electron chi connectivity index (χ2n) is 8.25. The average molecular weight is 394 g/mol. The molecule has 0 radical (unpaired) electrons. The van der Waals surface area contributed by atoms with Crippen molar-refractivity contribution in [2.75, 3.05) is 65.6 Å². The second kappa shape index (κ2) is 9.41. The van der Waals surface area contributed by atoms with Gasteiger partial charge in [-0.15, -0.1) is 0 Å². The van der Waals surface area contributed by atoms with Gasteiger partial charge in [0.05, 0.1) is 19.3 Å². The number of hydrogen-bond acceptors (Lipinski definition) is 5. The molecule has 0 aromatic rings. The van der Waals surface area contributed by atoms with Crippen molar-refractivity contribution < 1.29 is 14.3 Å². The summed E-state index contributed by atoms with van der Waals surface area (Å²) in [6.07, 6.45) is 4.39. The van der Waals surface area contributed by atoms with Crippen LogP contribution in [0.2, 0.25) is 0 Å². The molecule has 3 unspecified atom stereocenters. The number of hydrogen-bond donors (Lipinski definition) is 1. The molecule has 4 fully saturated rings. The van der Waals surface area contributed by atoms with Crippen LogP contribution in [0.25, 0.3) is 0 Å². The first kappa shape index (κ1) is 19.9. The zero-order valence-electron chi connectivity index (χ0n) is 17.1. The highest BCUT2D eigenvalue weighted by Gasteiger charge is 2.33. The number of nitrogens with one attached hydrogen (secondary N) is 1. The highest BCUT2D eigenvalue weighted by Crippen LogP contribution is 2.22. The largest absolute Gasteiger partial charge is 0.373 e. The normalized spacial score (nSPS) is 31.9. The number of aliphatic imine (C=N–C) groups is 1. The van der Waals surface area contributed by atoms with Crippen LogP contribution in [0.4, 0.5) is 0 Å². The molecule has 3 atom stereocenters. The fraction of sp³-hybridized carbons (Fsp3) is 0.900. The number of guanidine groups is 1. The Morgan fingerprint density at radius 1 is 1.07 bits per heavy atom. The molecule has 28 heavy (non-hydrogen) atoms. The number of ether oxygens (including phenoxy) is 2. The van der Waals surface area contributed by atoms with Crippen molar-refractivity contribution in [3.63, 3.8) is 0 Å². The number of carbonyl (C=O) groups excluding carboxylic acids is 1. The second-order valence-corrected chi connectivity index (χ2v) is 8.25. The Labute approximate surface area is 168 Å². The summed E-state index contributed by atoms with van der Waals surface area (Å²) < 4.78 is 11.6. The zero-order valence-corrected chi connectivity index (χ0v) is 17.1. The number of rotatable bonds is 4. The third kappa shape index (κ3) is 4.60. The number of amides is 1. The summed E-state index contributed by atoms with van der Waals surface area (Å²) in [7, 11) is 0. The monoisotopic (exact) mass is 393 g/mol. The molecule has 8 nitrogen and oxygen atoms in total. The summed E-state index contributed by atoms with van der Waals surface area (Å²) in [6, 6.07) is 0.628. The first-order valence-corrected chi connectivity index (χ1v) is 11.0. The molecule has 4 aliphatic heterocycles. The van der Waals surface area contributed by atoms with Gasteiger partial charge in [-0.25, -0.2) is 0 Å². The van der Waals surface area contributed by atoms with Crippen molar-refractivity contribution in [2.24, 2.45) is 4.99 Å². The Hall–Kier alpha value is -1.38. The molecular weight excluding hydrogens is 358 g/mol. The molecule has 8 heteroatoms. The topological polar surface area (TPSA) is 69.6 Å². The summed E-state index contributed by atoms with van der Waals surface area (Å²) in [5.41, 5.74) is 0. The highest BCUT2D eigenvalue weighted by atomic mass is 16.5. The summed E-state index contributed by atoms with van der Waals surface area (Å²) >= 11 is 0. The van der Waals surface area contributed by atoms with Crippen LogP contribution >= 0.6 is 0 Å².